The van der Waals surface area contributed by atoms with Gasteiger partial charge in [-0.25, -0.2) is 9.69 Å². The van der Waals surface area contributed by atoms with Crippen molar-refractivity contribution >= 4 is 52.2 Å². The van der Waals surface area contributed by atoms with E-state index in [1.807, 2.05) is 31.2 Å². The highest BCUT2D eigenvalue weighted by atomic mass is 127. The first-order valence-corrected chi connectivity index (χ1v) is 12.5. The molecule has 9 nitrogen and oxygen atoms in total. The molecule has 188 valence electrons. The number of carbonyl (C=O) groups is 3. The van der Waals surface area contributed by atoms with Crippen molar-refractivity contribution in [2.24, 2.45) is 0 Å². The number of ether oxygens (including phenoxy) is 4. The Morgan fingerprint density at radius 1 is 0.946 bits per heavy atom. The summed E-state index contributed by atoms with van der Waals surface area (Å²) in [6.45, 7) is 2.65. The number of fused-ring (bicyclic) bond motifs is 1. The van der Waals surface area contributed by atoms with E-state index in [1.54, 1.807) is 30.3 Å². The maximum atomic E-state index is 13.3. The number of benzene rings is 3. The number of imide groups is 2. The van der Waals surface area contributed by atoms with Gasteiger partial charge in [0.1, 0.15) is 12.2 Å². The lowest BCUT2D eigenvalue weighted by Gasteiger charge is -2.26. The van der Waals surface area contributed by atoms with Gasteiger partial charge in [-0.05, 0) is 83.1 Å². The summed E-state index contributed by atoms with van der Waals surface area (Å²) in [5, 5.41) is 2.22. The Labute approximate surface area is 226 Å². The molecule has 2 aliphatic heterocycles. The fourth-order valence-electron chi connectivity index (χ4n) is 3.83. The third kappa shape index (κ3) is 5.24. The zero-order valence-electron chi connectivity index (χ0n) is 19.7. The summed E-state index contributed by atoms with van der Waals surface area (Å²) in [6, 6.07) is 16.9. The number of hydrogen-bond acceptors (Lipinski definition) is 7. The minimum absolute atomic E-state index is 0.0508. The molecule has 3 aromatic rings. The maximum absolute atomic E-state index is 13.3. The normalized spacial score (nSPS) is 15.7. The summed E-state index contributed by atoms with van der Waals surface area (Å²) >= 11 is 2.24. The first kappa shape index (κ1) is 24.6. The van der Waals surface area contributed by atoms with Gasteiger partial charge >= 0.3 is 6.03 Å². The third-order valence-corrected chi connectivity index (χ3v) is 6.32. The topological polar surface area (TPSA) is 103 Å². The number of carbonyl (C=O) groups excluding carboxylic acids is 3. The van der Waals surface area contributed by atoms with E-state index < -0.39 is 17.8 Å². The van der Waals surface area contributed by atoms with E-state index in [4.69, 9.17) is 18.9 Å². The second kappa shape index (κ2) is 10.5. The molecule has 2 aliphatic rings. The Morgan fingerprint density at radius 2 is 1.73 bits per heavy atom. The van der Waals surface area contributed by atoms with Crippen molar-refractivity contribution in [3.8, 4) is 23.0 Å². The molecule has 1 saturated heterocycles. The molecule has 1 N–H and O–H groups in total. The van der Waals surface area contributed by atoms with E-state index in [2.05, 4.69) is 27.9 Å². The number of anilines is 1. The number of nitrogens with zero attached hydrogens (tertiary/aromatic N) is 1. The van der Waals surface area contributed by atoms with Crippen molar-refractivity contribution in [3.63, 3.8) is 0 Å². The van der Waals surface area contributed by atoms with Gasteiger partial charge in [0.05, 0.1) is 12.3 Å². The number of amides is 4. The standard InChI is InChI=1S/C27H21IN2O7/c1-2-34-23-12-17(5-9-21(23)35-14-16-3-6-18(28)7-4-16)11-20-25(31)29-27(33)30(26(20)32)19-8-10-22-24(13-19)37-15-36-22/h3-13H,2,14-15H2,1H3,(H,29,31,33)/b20-11+. The van der Waals surface area contributed by atoms with E-state index in [9.17, 15) is 14.4 Å². The van der Waals surface area contributed by atoms with Gasteiger partial charge in [-0.1, -0.05) is 18.2 Å². The summed E-state index contributed by atoms with van der Waals surface area (Å²) in [4.78, 5) is 39.3. The van der Waals surface area contributed by atoms with Crippen LogP contribution in [0, 0.1) is 3.57 Å². The molecule has 5 rings (SSSR count). The minimum atomic E-state index is -0.847. The monoisotopic (exact) mass is 612 g/mol. The lowest BCUT2D eigenvalue weighted by Crippen LogP contribution is -2.54. The van der Waals surface area contributed by atoms with Gasteiger partial charge in [-0.2, -0.15) is 0 Å². The van der Waals surface area contributed by atoms with E-state index in [-0.39, 0.29) is 18.1 Å². The summed E-state index contributed by atoms with van der Waals surface area (Å²) in [5.41, 5.74) is 1.59. The number of urea groups is 1. The molecule has 0 atom stereocenters. The minimum Gasteiger partial charge on any atom is -0.490 e. The van der Waals surface area contributed by atoms with E-state index >= 15 is 0 Å². The Bertz CT molecular complexity index is 1420. The Kier molecular flexibility index (Phi) is 6.99. The van der Waals surface area contributed by atoms with Gasteiger partial charge in [0.15, 0.2) is 23.0 Å². The highest BCUT2D eigenvalue weighted by Crippen LogP contribution is 2.36. The van der Waals surface area contributed by atoms with Crippen LogP contribution in [0.5, 0.6) is 23.0 Å². The first-order valence-electron chi connectivity index (χ1n) is 11.4. The Morgan fingerprint density at radius 3 is 2.51 bits per heavy atom. The number of rotatable bonds is 7. The predicted octanol–water partition coefficient (Wildman–Crippen LogP) is 4.66. The van der Waals surface area contributed by atoms with Crippen molar-refractivity contribution in [1.29, 1.82) is 0 Å². The maximum Gasteiger partial charge on any atom is 0.335 e. The molecule has 0 saturated carbocycles. The molecule has 3 aromatic carbocycles. The number of barbiturate groups is 1. The largest absolute Gasteiger partial charge is 0.490 e. The molecule has 37 heavy (non-hydrogen) atoms. The zero-order chi connectivity index (χ0) is 25.9. The highest BCUT2D eigenvalue weighted by molar-refractivity contribution is 14.1. The number of halogens is 1. The van der Waals surface area contributed by atoms with Gasteiger partial charge in [0, 0.05) is 9.64 Å². The van der Waals surface area contributed by atoms with Crippen molar-refractivity contribution in [1.82, 2.24) is 5.32 Å². The fraction of sp³-hybridized carbons (Fsp3) is 0.148. The molecule has 4 amide bonds. The van der Waals surface area contributed by atoms with Crippen molar-refractivity contribution in [3.05, 3.63) is 80.9 Å². The summed E-state index contributed by atoms with van der Waals surface area (Å²) in [7, 11) is 0. The molecule has 0 unspecified atom stereocenters. The number of nitrogens with one attached hydrogen (secondary N) is 1. The predicted molar refractivity (Wildman–Crippen MR) is 143 cm³/mol. The van der Waals surface area contributed by atoms with Crippen LogP contribution < -0.4 is 29.2 Å². The van der Waals surface area contributed by atoms with Crippen LogP contribution in [-0.4, -0.2) is 31.2 Å². The van der Waals surface area contributed by atoms with Gasteiger partial charge in [0.25, 0.3) is 11.8 Å². The average Bonchev–Trinajstić information content (AvgIpc) is 3.35. The fourth-order valence-corrected chi connectivity index (χ4v) is 4.19. The summed E-state index contributed by atoms with van der Waals surface area (Å²) in [5.74, 6) is 0.360. The second-order valence-corrected chi connectivity index (χ2v) is 9.30. The smallest absolute Gasteiger partial charge is 0.335 e. The molecule has 0 bridgehead atoms. The SMILES string of the molecule is CCOc1cc(/C=C2\C(=O)NC(=O)N(c3ccc4c(c3)OCO4)C2=O)ccc1OCc1ccc(I)cc1. The zero-order valence-corrected chi connectivity index (χ0v) is 21.8. The van der Waals surface area contributed by atoms with Crippen LogP contribution >= 0.6 is 22.6 Å². The van der Waals surface area contributed by atoms with Gasteiger partial charge < -0.3 is 18.9 Å². The summed E-state index contributed by atoms with van der Waals surface area (Å²) in [6.07, 6.45) is 1.41. The van der Waals surface area contributed by atoms with Crippen molar-refractivity contribution in [2.45, 2.75) is 13.5 Å². The summed E-state index contributed by atoms with van der Waals surface area (Å²) < 4.78 is 23.5. The Balaban J connectivity index is 1.41. The average molecular weight is 612 g/mol. The number of hydrogen-bond donors (Lipinski definition) is 1. The quantitative estimate of drug-likeness (QED) is 0.235. The van der Waals surface area contributed by atoms with Crippen LogP contribution in [-0.2, 0) is 16.2 Å². The van der Waals surface area contributed by atoms with Gasteiger partial charge in [-0.15, -0.1) is 0 Å². The van der Waals surface area contributed by atoms with Crippen LogP contribution in [0.15, 0.2) is 66.2 Å². The van der Waals surface area contributed by atoms with Crippen molar-refractivity contribution in [2.75, 3.05) is 18.3 Å². The van der Waals surface area contributed by atoms with E-state index in [1.165, 1.54) is 12.1 Å². The lowest BCUT2D eigenvalue weighted by molar-refractivity contribution is -0.122. The molecule has 0 radical (unpaired) electrons. The van der Waals surface area contributed by atoms with Crippen LogP contribution in [0.1, 0.15) is 18.1 Å². The lowest BCUT2D eigenvalue weighted by atomic mass is 10.1. The van der Waals surface area contributed by atoms with Crippen LogP contribution in [0.25, 0.3) is 6.08 Å². The highest BCUT2D eigenvalue weighted by Gasteiger charge is 2.37. The van der Waals surface area contributed by atoms with Crippen molar-refractivity contribution < 1.29 is 33.3 Å². The van der Waals surface area contributed by atoms with Gasteiger partial charge in [-0.3, -0.25) is 14.9 Å². The van der Waals surface area contributed by atoms with Gasteiger partial charge in [0.2, 0.25) is 6.79 Å². The molecule has 1 fully saturated rings. The van der Waals surface area contributed by atoms with Crippen LogP contribution in [0.2, 0.25) is 0 Å². The molecule has 10 heteroatoms. The molecule has 0 aliphatic carbocycles. The second-order valence-electron chi connectivity index (χ2n) is 8.05. The molecular weight excluding hydrogens is 591 g/mol. The third-order valence-electron chi connectivity index (χ3n) is 5.60. The van der Waals surface area contributed by atoms with Crippen LogP contribution in [0.3, 0.4) is 0 Å². The Hall–Kier alpha value is -4.06. The molecule has 0 aromatic heterocycles. The molecule has 0 spiro atoms. The van der Waals surface area contributed by atoms with E-state index in [0.717, 1.165) is 14.0 Å². The molecular formula is C27H21IN2O7. The van der Waals surface area contributed by atoms with E-state index in [0.29, 0.717) is 41.8 Å². The first-order chi connectivity index (χ1) is 17.9. The van der Waals surface area contributed by atoms with Crippen LogP contribution in [0.4, 0.5) is 10.5 Å². The molecule has 2 heterocycles.